The van der Waals surface area contributed by atoms with E-state index < -0.39 is 20.3 Å². The van der Waals surface area contributed by atoms with E-state index in [0.29, 0.717) is 11.0 Å². The molecule has 0 amide bonds. The molecule has 0 fully saturated rings. The van der Waals surface area contributed by atoms with Crippen molar-refractivity contribution in [2.24, 2.45) is 0 Å². The van der Waals surface area contributed by atoms with E-state index in [1.807, 2.05) is 0 Å². The van der Waals surface area contributed by atoms with Crippen molar-refractivity contribution in [1.29, 1.82) is 0 Å². The average molecular weight is 267 g/mol. The van der Waals surface area contributed by atoms with E-state index in [1.165, 1.54) is 0 Å². The molecule has 0 aliphatic carbocycles. The van der Waals surface area contributed by atoms with Gasteiger partial charge in [0.1, 0.15) is 10.1 Å². The number of hydrogen-bond donors (Lipinski definition) is 0. The van der Waals surface area contributed by atoms with Crippen LogP contribution in [0.25, 0.3) is 11.0 Å². The van der Waals surface area contributed by atoms with Crippen LogP contribution in [0.5, 0.6) is 0 Å². The summed E-state index contributed by atoms with van der Waals surface area (Å²) < 4.78 is 32.3. The summed E-state index contributed by atoms with van der Waals surface area (Å²) in [7, 11) is -4.68. The van der Waals surface area contributed by atoms with Crippen molar-refractivity contribution in [2.45, 2.75) is 5.03 Å². The Kier molecular flexibility index (Phi) is 4.28. The molecule has 0 unspecified atom stereocenters. The van der Waals surface area contributed by atoms with Crippen molar-refractivity contribution >= 4 is 32.8 Å². The molecule has 2 aromatic rings. The van der Waals surface area contributed by atoms with Gasteiger partial charge in [-0.2, -0.15) is 0 Å². The number of halogens is 1. The largest absolute Gasteiger partial charge is 1.00 e. The first-order valence-electron chi connectivity index (χ1n) is 3.86. The number of benzene rings is 1. The minimum absolute atomic E-state index is 0. The van der Waals surface area contributed by atoms with Crippen molar-refractivity contribution in [2.75, 3.05) is 0 Å². The molecule has 0 spiro atoms. The molecule has 2 rings (SSSR count). The maximum atomic E-state index is 10.8. The molecule has 1 aromatic carbocycles. The Morgan fingerprint density at radius 1 is 1.12 bits per heavy atom. The summed E-state index contributed by atoms with van der Waals surface area (Å²) in [6.45, 7) is 0. The summed E-state index contributed by atoms with van der Waals surface area (Å²) in [6.07, 6.45) is 0. The fourth-order valence-corrected chi connectivity index (χ4v) is 2.00. The standard InChI is InChI=1S/C8H5ClN2O3S.Na/c9-7-8(15(12,13)14)11-6-4-2-1-3-5(6)10-7;/h1-4H,(H,12,13,14);/q;+1/p-1. The zero-order chi connectivity index (χ0) is 11.1. The summed E-state index contributed by atoms with van der Waals surface area (Å²) in [5.41, 5.74) is 0.756. The normalized spacial score (nSPS) is 11.1. The molecule has 0 atom stereocenters. The Bertz CT molecular complexity index is 632. The number of nitrogens with zero attached hydrogens (tertiary/aromatic N) is 2. The number of para-hydroxylation sites is 2. The molecule has 16 heavy (non-hydrogen) atoms. The predicted octanol–water partition coefficient (Wildman–Crippen LogP) is -1.81. The Morgan fingerprint density at radius 3 is 2.12 bits per heavy atom. The van der Waals surface area contributed by atoms with Crippen molar-refractivity contribution in [3.05, 3.63) is 29.4 Å². The zero-order valence-corrected chi connectivity index (χ0v) is 11.8. The third-order valence-corrected chi connectivity index (χ3v) is 2.87. The van der Waals surface area contributed by atoms with Crippen LogP contribution in [0.4, 0.5) is 0 Å². The summed E-state index contributed by atoms with van der Waals surface area (Å²) >= 11 is 5.54. The first-order chi connectivity index (χ1) is 6.98. The van der Waals surface area contributed by atoms with Crippen molar-refractivity contribution < 1.29 is 42.5 Å². The first-order valence-corrected chi connectivity index (χ1v) is 5.65. The third kappa shape index (κ3) is 2.71. The van der Waals surface area contributed by atoms with Crippen LogP contribution < -0.4 is 29.6 Å². The summed E-state index contributed by atoms with van der Waals surface area (Å²) in [6, 6.07) is 6.54. The first kappa shape index (κ1) is 13.8. The van der Waals surface area contributed by atoms with Crippen LogP contribution in [-0.4, -0.2) is 22.9 Å². The second kappa shape index (κ2) is 4.95. The minimum Gasteiger partial charge on any atom is -0.743 e. The van der Waals surface area contributed by atoms with Crippen LogP contribution in [0.2, 0.25) is 5.15 Å². The number of rotatable bonds is 1. The molecule has 0 saturated heterocycles. The molecule has 0 radical (unpaired) electrons. The van der Waals surface area contributed by atoms with E-state index in [2.05, 4.69) is 9.97 Å². The topological polar surface area (TPSA) is 83.0 Å². The molecule has 1 heterocycles. The zero-order valence-electron chi connectivity index (χ0n) is 8.21. The van der Waals surface area contributed by atoms with Gasteiger partial charge in [-0.05, 0) is 12.1 Å². The Morgan fingerprint density at radius 2 is 1.62 bits per heavy atom. The summed E-state index contributed by atoms with van der Waals surface area (Å²) in [4.78, 5) is 7.42. The second-order valence-corrected chi connectivity index (χ2v) is 4.42. The molecule has 0 aliphatic rings. The van der Waals surface area contributed by atoms with Crippen molar-refractivity contribution in [3.63, 3.8) is 0 Å². The molecule has 78 valence electrons. The minimum atomic E-state index is -4.68. The molecule has 0 saturated carbocycles. The fraction of sp³-hybridized carbons (Fsp3) is 0. The van der Waals surface area contributed by atoms with Gasteiger partial charge < -0.3 is 4.55 Å². The summed E-state index contributed by atoms with van der Waals surface area (Å²) in [5.74, 6) is 0. The van der Waals surface area contributed by atoms with E-state index in [0.717, 1.165) is 0 Å². The quantitative estimate of drug-likeness (QED) is 0.449. The maximum absolute atomic E-state index is 10.8. The van der Waals surface area contributed by atoms with Gasteiger partial charge in [0.15, 0.2) is 10.2 Å². The van der Waals surface area contributed by atoms with E-state index >= 15 is 0 Å². The van der Waals surface area contributed by atoms with E-state index in [9.17, 15) is 13.0 Å². The molecular weight excluding hydrogens is 263 g/mol. The van der Waals surface area contributed by atoms with Gasteiger partial charge in [0.05, 0.1) is 11.0 Å². The van der Waals surface area contributed by atoms with E-state index in [1.54, 1.807) is 24.3 Å². The van der Waals surface area contributed by atoms with Gasteiger partial charge in [-0.1, -0.05) is 23.7 Å². The van der Waals surface area contributed by atoms with Gasteiger partial charge in [0.2, 0.25) is 0 Å². The molecule has 8 heteroatoms. The predicted molar refractivity (Wildman–Crippen MR) is 52.5 cm³/mol. The third-order valence-electron chi connectivity index (χ3n) is 1.74. The number of hydrogen-bond acceptors (Lipinski definition) is 5. The van der Waals surface area contributed by atoms with Gasteiger partial charge in [0.25, 0.3) is 0 Å². The van der Waals surface area contributed by atoms with E-state index in [4.69, 9.17) is 11.6 Å². The fourth-order valence-electron chi connectivity index (χ4n) is 1.12. The van der Waals surface area contributed by atoms with Crippen LogP contribution >= 0.6 is 11.6 Å². The number of fused-ring (bicyclic) bond motifs is 1. The Hall–Kier alpha value is -0.240. The second-order valence-electron chi connectivity index (χ2n) is 2.76. The van der Waals surface area contributed by atoms with E-state index in [-0.39, 0.29) is 29.6 Å². The molecule has 5 nitrogen and oxygen atoms in total. The maximum Gasteiger partial charge on any atom is 1.00 e. The monoisotopic (exact) mass is 266 g/mol. The molecule has 0 bridgehead atoms. The van der Waals surface area contributed by atoms with Gasteiger partial charge in [-0.25, -0.2) is 18.4 Å². The van der Waals surface area contributed by atoms with Gasteiger partial charge in [-0.3, -0.25) is 0 Å². The number of aromatic nitrogens is 2. The molecule has 1 aromatic heterocycles. The molecule has 0 aliphatic heterocycles. The van der Waals surface area contributed by atoms with Crippen LogP contribution in [0.15, 0.2) is 29.3 Å². The smallest absolute Gasteiger partial charge is 0.743 e. The van der Waals surface area contributed by atoms with Crippen LogP contribution in [-0.2, 0) is 10.1 Å². The SMILES string of the molecule is O=S(=O)([O-])c1nc2ccccc2nc1Cl.[Na+]. The summed E-state index contributed by atoms with van der Waals surface area (Å²) in [5, 5.41) is -1.13. The van der Waals surface area contributed by atoms with Crippen molar-refractivity contribution in [1.82, 2.24) is 9.97 Å². The Labute approximate surface area is 119 Å². The molecular formula is C8H4ClN2NaO3S. The van der Waals surface area contributed by atoms with Crippen LogP contribution in [0, 0.1) is 0 Å². The van der Waals surface area contributed by atoms with Crippen LogP contribution in [0.1, 0.15) is 0 Å². The van der Waals surface area contributed by atoms with Gasteiger partial charge in [0, 0.05) is 0 Å². The van der Waals surface area contributed by atoms with Gasteiger partial charge in [-0.15, -0.1) is 0 Å². The molecule has 0 N–H and O–H groups in total. The Balaban J connectivity index is 0.00000128. The average Bonchev–Trinajstić information content (AvgIpc) is 2.15. The van der Waals surface area contributed by atoms with Crippen LogP contribution in [0.3, 0.4) is 0 Å². The van der Waals surface area contributed by atoms with Gasteiger partial charge >= 0.3 is 29.6 Å². The van der Waals surface area contributed by atoms with Crippen molar-refractivity contribution in [3.8, 4) is 0 Å².